The van der Waals surface area contributed by atoms with Crippen molar-refractivity contribution in [2.75, 3.05) is 7.05 Å². The number of aryl methyl sites for hydroxylation is 1. The fraction of sp³-hybridized carbons (Fsp3) is 0.467. The average molecular weight is 295 g/mol. The first-order valence-corrected chi connectivity index (χ1v) is 7.47. The fourth-order valence-electron chi connectivity index (χ4n) is 1.90. The molecule has 0 bridgehead atoms. The van der Waals surface area contributed by atoms with E-state index in [1.54, 1.807) is 4.90 Å². The molecule has 1 heterocycles. The summed E-state index contributed by atoms with van der Waals surface area (Å²) in [5, 5.41) is 8.64. The highest BCUT2D eigenvalue weighted by molar-refractivity contribution is 7.15. The number of nitrogens with zero attached hydrogens (tertiary/aromatic N) is 1. The summed E-state index contributed by atoms with van der Waals surface area (Å²) in [6, 6.07) is 2.02. The molecular formula is C15H21NO3S. The van der Waals surface area contributed by atoms with E-state index >= 15 is 0 Å². The molecule has 0 radical (unpaired) electrons. The highest BCUT2D eigenvalue weighted by atomic mass is 32.1. The van der Waals surface area contributed by atoms with E-state index in [1.165, 1.54) is 17.4 Å². The normalized spacial score (nSPS) is 12.6. The van der Waals surface area contributed by atoms with Crippen molar-refractivity contribution in [3.8, 4) is 0 Å². The molecule has 0 aromatic carbocycles. The molecule has 110 valence electrons. The molecule has 1 unspecified atom stereocenters. The highest BCUT2D eigenvalue weighted by Gasteiger charge is 2.19. The van der Waals surface area contributed by atoms with Crippen LogP contribution in [-0.4, -0.2) is 35.0 Å². The van der Waals surface area contributed by atoms with Gasteiger partial charge >= 0.3 is 5.97 Å². The van der Waals surface area contributed by atoms with Crippen LogP contribution in [0.15, 0.2) is 12.1 Å². The van der Waals surface area contributed by atoms with Gasteiger partial charge in [-0.25, -0.2) is 4.79 Å². The highest BCUT2D eigenvalue weighted by Crippen LogP contribution is 2.25. The number of carboxylic acid groups (broad SMARTS) is 1. The smallest absolute Gasteiger partial charge is 0.328 e. The Balaban J connectivity index is 2.89. The Bertz CT molecular complexity index is 519. The SMILES string of the molecule is CCCC(C)N(C)C(=O)c1cc(C)c(/C=C/C(=O)O)s1. The third-order valence-corrected chi connectivity index (χ3v) is 4.42. The summed E-state index contributed by atoms with van der Waals surface area (Å²) in [5.41, 5.74) is 0.924. The molecular weight excluding hydrogens is 274 g/mol. The molecule has 5 heteroatoms. The first-order chi connectivity index (χ1) is 9.36. The predicted octanol–water partition coefficient (Wildman–Crippen LogP) is 3.41. The van der Waals surface area contributed by atoms with Crippen LogP contribution < -0.4 is 0 Å². The van der Waals surface area contributed by atoms with E-state index < -0.39 is 5.97 Å². The molecule has 0 aliphatic heterocycles. The molecule has 0 aliphatic carbocycles. The van der Waals surface area contributed by atoms with Crippen LogP contribution >= 0.6 is 11.3 Å². The van der Waals surface area contributed by atoms with Gasteiger partial charge in [-0.15, -0.1) is 11.3 Å². The van der Waals surface area contributed by atoms with Gasteiger partial charge in [0, 0.05) is 24.0 Å². The lowest BCUT2D eigenvalue weighted by molar-refractivity contribution is -0.131. The minimum atomic E-state index is -0.987. The number of amides is 1. The molecule has 1 amide bonds. The van der Waals surface area contributed by atoms with Crippen molar-refractivity contribution >= 4 is 29.3 Å². The van der Waals surface area contributed by atoms with Crippen LogP contribution in [0, 0.1) is 6.92 Å². The van der Waals surface area contributed by atoms with Crippen LogP contribution in [0.1, 0.15) is 46.8 Å². The second kappa shape index (κ2) is 7.24. The third kappa shape index (κ3) is 4.20. The standard InChI is InChI=1S/C15H21NO3S/c1-5-6-11(3)16(4)15(19)13-9-10(2)12(20-13)7-8-14(17)18/h7-9,11H,5-6H2,1-4H3,(H,17,18)/b8-7+. The Morgan fingerprint density at radius 3 is 2.70 bits per heavy atom. The zero-order chi connectivity index (χ0) is 15.3. The summed E-state index contributed by atoms with van der Waals surface area (Å²) in [4.78, 5) is 26.1. The van der Waals surface area contributed by atoms with E-state index in [2.05, 4.69) is 6.92 Å². The van der Waals surface area contributed by atoms with Crippen molar-refractivity contribution in [1.29, 1.82) is 0 Å². The Kier molecular flexibility index (Phi) is 5.95. The van der Waals surface area contributed by atoms with Crippen LogP contribution in [0.3, 0.4) is 0 Å². The molecule has 0 spiro atoms. The minimum Gasteiger partial charge on any atom is -0.478 e. The number of hydrogen-bond acceptors (Lipinski definition) is 3. The molecule has 1 rings (SSSR count). The number of hydrogen-bond donors (Lipinski definition) is 1. The average Bonchev–Trinajstić information content (AvgIpc) is 2.76. The summed E-state index contributed by atoms with van der Waals surface area (Å²) in [7, 11) is 1.81. The first-order valence-electron chi connectivity index (χ1n) is 6.65. The molecule has 4 nitrogen and oxygen atoms in total. The largest absolute Gasteiger partial charge is 0.478 e. The summed E-state index contributed by atoms with van der Waals surface area (Å²) in [6.45, 7) is 6.01. The third-order valence-electron chi connectivity index (χ3n) is 3.23. The van der Waals surface area contributed by atoms with E-state index in [1.807, 2.05) is 27.0 Å². The van der Waals surface area contributed by atoms with E-state index in [-0.39, 0.29) is 11.9 Å². The zero-order valence-corrected chi connectivity index (χ0v) is 13.2. The molecule has 0 saturated heterocycles. The van der Waals surface area contributed by atoms with E-state index in [0.717, 1.165) is 29.4 Å². The van der Waals surface area contributed by atoms with E-state index in [0.29, 0.717) is 4.88 Å². The maximum Gasteiger partial charge on any atom is 0.328 e. The number of carbonyl (C=O) groups is 2. The summed E-state index contributed by atoms with van der Waals surface area (Å²) in [5.74, 6) is -0.992. The van der Waals surface area contributed by atoms with Crippen molar-refractivity contribution < 1.29 is 14.7 Å². The lowest BCUT2D eigenvalue weighted by Gasteiger charge is -2.23. The van der Waals surface area contributed by atoms with Gasteiger partial charge in [0.1, 0.15) is 0 Å². The lowest BCUT2D eigenvalue weighted by atomic mass is 10.1. The molecule has 0 aliphatic rings. The van der Waals surface area contributed by atoms with Gasteiger partial charge in [-0.3, -0.25) is 4.79 Å². The number of thiophene rings is 1. The Labute approximate surface area is 123 Å². The van der Waals surface area contributed by atoms with E-state index in [4.69, 9.17) is 5.11 Å². The van der Waals surface area contributed by atoms with Crippen LogP contribution in [0.2, 0.25) is 0 Å². The van der Waals surface area contributed by atoms with Crippen LogP contribution in [0.5, 0.6) is 0 Å². The van der Waals surface area contributed by atoms with Crippen molar-refractivity contribution in [1.82, 2.24) is 4.90 Å². The van der Waals surface area contributed by atoms with Crippen molar-refractivity contribution in [3.05, 3.63) is 27.5 Å². The molecule has 0 fully saturated rings. The summed E-state index contributed by atoms with van der Waals surface area (Å²) in [6.07, 6.45) is 4.64. The predicted molar refractivity (Wildman–Crippen MR) is 82.2 cm³/mol. The van der Waals surface area contributed by atoms with Gasteiger partial charge < -0.3 is 10.0 Å². The van der Waals surface area contributed by atoms with Gasteiger partial charge in [-0.05, 0) is 38.0 Å². The Morgan fingerprint density at radius 2 is 2.15 bits per heavy atom. The number of rotatable bonds is 6. The topological polar surface area (TPSA) is 57.6 Å². The quantitative estimate of drug-likeness (QED) is 0.818. The molecule has 1 aromatic rings. The maximum atomic E-state index is 12.4. The molecule has 0 saturated carbocycles. The lowest BCUT2D eigenvalue weighted by Crippen LogP contribution is -2.34. The number of aliphatic carboxylic acids is 1. The van der Waals surface area contributed by atoms with Gasteiger partial charge in [0.05, 0.1) is 4.88 Å². The van der Waals surface area contributed by atoms with Gasteiger partial charge in [0.15, 0.2) is 0 Å². The second-order valence-corrected chi connectivity index (χ2v) is 5.97. The molecule has 1 atom stereocenters. The van der Waals surface area contributed by atoms with Crippen LogP contribution in [0.25, 0.3) is 6.08 Å². The van der Waals surface area contributed by atoms with Crippen LogP contribution in [-0.2, 0) is 4.79 Å². The monoisotopic (exact) mass is 295 g/mol. The van der Waals surface area contributed by atoms with Crippen LogP contribution in [0.4, 0.5) is 0 Å². The maximum absolute atomic E-state index is 12.4. The van der Waals surface area contributed by atoms with Gasteiger partial charge in [-0.2, -0.15) is 0 Å². The number of carbonyl (C=O) groups excluding carboxylic acids is 1. The van der Waals surface area contributed by atoms with E-state index in [9.17, 15) is 9.59 Å². The molecule has 1 aromatic heterocycles. The summed E-state index contributed by atoms with van der Waals surface area (Å²) >= 11 is 1.33. The van der Waals surface area contributed by atoms with Gasteiger partial charge in [-0.1, -0.05) is 13.3 Å². The fourth-order valence-corrected chi connectivity index (χ4v) is 2.96. The molecule has 20 heavy (non-hydrogen) atoms. The second-order valence-electron chi connectivity index (χ2n) is 4.88. The van der Waals surface area contributed by atoms with Crippen molar-refractivity contribution in [3.63, 3.8) is 0 Å². The Morgan fingerprint density at radius 1 is 1.50 bits per heavy atom. The van der Waals surface area contributed by atoms with Gasteiger partial charge in [0.2, 0.25) is 0 Å². The molecule has 1 N–H and O–H groups in total. The zero-order valence-electron chi connectivity index (χ0n) is 12.3. The van der Waals surface area contributed by atoms with Crippen molar-refractivity contribution in [2.24, 2.45) is 0 Å². The summed E-state index contributed by atoms with van der Waals surface area (Å²) < 4.78 is 0. The Hall–Kier alpha value is -1.62. The first kappa shape index (κ1) is 16.4. The minimum absolute atomic E-state index is 0.00553. The number of carboxylic acids is 1. The van der Waals surface area contributed by atoms with Gasteiger partial charge in [0.25, 0.3) is 5.91 Å². The van der Waals surface area contributed by atoms with Crippen molar-refractivity contribution in [2.45, 2.75) is 39.7 Å².